The highest BCUT2D eigenvalue weighted by atomic mass is 28.4. The van der Waals surface area contributed by atoms with Crippen molar-refractivity contribution in [3.63, 3.8) is 0 Å². The molecule has 34 heavy (non-hydrogen) atoms. The summed E-state index contributed by atoms with van der Waals surface area (Å²) in [7, 11) is -0.246. The van der Waals surface area contributed by atoms with Gasteiger partial charge in [-0.15, -0.1) is 6.58 Å². The van der Waals surface area contributed by atoms with E-state index in [-0.39, 0.29) is 46.6 Å². The van der Waals surface area contributed by atoms with E-state index >= 15 is 0 Å². The fourth-order valence-electron chi connectivity index (χ4n) is 6.99. The van der Waals surface area contributed by atoms with E-state index in [9.17, 15) is 4.79 Å². The molecule has 6 heteroatoms. The van der Waals surface area contributed by atoms with Crippen LogP contribution in [-0.4, -0.2) is 47.5 Å². The minimum atomic E-state index is -1.92. The van der Waals surface area contributed by atoms with Gasteiger partial charge in [0.2, 0.25) is 0 Å². The zero-order chi connectivity index (χ0) is 25.4. The van der Waals surface area contributed by atoms with Crippen molar-refractivity contribution in [3.8, 4) is 0 Å². The number of ether oxygens (including phenoxy) is 3. The van der Waals surface area contributed by atoms with E-state index < -0.39 is 8.32 Å². The summed E-state index contributed by atoms with van der Waals surface area (Å²) >= 11 is 0. The molecule has 2 aliphatic carbocycles. The largest absolute Gasteiger partial charge is 0.465 e. The van der Waals surface area contributed by atoms with Gasteiger partial charge in [-0.2, -0.15) is 0 Å². The third kappa shape index (κ3) is 5.35. The number of rotatable bonds is 8. The van der Waals surface area contributed by atoms with Crippen molar-refractivity contribution in [2.75, 3.05) is 27.1 Å². The summed E-state index contributed by atoms with van der Waals surface area (Å²) in [5, 5.41) is 0.160. The van der Waals surface area contributed by atoms with Gasteiger partial charge in [0, 0.05) is 25.0 Å². The van der Waals surface area contributed by atoms with Crippen LogP contribution >= 0.6 is 0 Å². The first kappa shape index (κ1) is 27.9. The van der Waals surface area contributed by atoms with E-state index in [0.29, 0.717) is 18.4 Å². The highest BCUT2D eigenvalue weighted by Crippen LogP contribution is 2.62. The number of allylic oxidation sites excluding steroid dienone is 1. The number of cyclic esters (lactones) is 1. The topological polar surface area (TPSA) is 54.0 Å². The third-order valence-corrected chi connectivity index (χ3v) is 14.4. The Bertz CT molecular complexity index is 727. The standard InChI is InChI=1S/C28H50O5Si/c1-10-12-20-15-21-24(22(16-20)32-19-30-7)28(18-31-25(21)29)14-11-13-27(5,6)23(28)17-33-34(8,9)26(2,3)4/h10,20-24H,1,11-19H2,2-9H3/t20-,21+,22+,23+,24-,28-/m0/s1. The Morgan fingerprint density at radius 1 is 1.21 bits per heavy atom. The molecule has 0 aromatic carbocycles. The number of hydrogen-bond acceptors (Lipinski definition) is 5. The molecule has 196 valence electrons. The molecule has 0 amide bonds. The fraction of sp³-hybridized carbons (Fsp3) is 0.893. The monoisotopic (exact) mass is 494 g/mol. The van der Waals surface area contributed by atoms with Gasteiger partial charge in [0.25, 0.3) is 0 Å². The molecule has 2 saturated carbocycles. The summed E-state index contributed by atoms with van der Waals surface area (Å²) in [6, 6.07) is 0. The second kappa shape index (κ2) is 10.4. The molecule has 0 N–H and O–H groups in total. The summed E-state index contributed by atoms with van der Waals surface area (Å²) in [5.41, 5.74) is -0.0149. The van der Waals surface area contributed by atoms with Gasteiger partial charge < -0.3 is 18.6 Å². The maximum atomic E-state index is 13.2. The van der Waals surface area contributed by atoms with Crippen LogP contribution in [0.15, 0.2) is 12.7 Å². The van der Waals surface area contributed by atoms with E-state index in [1.165, 1.54) is 6.42 Å². The average molecular weight is 495 g/mol. The molecule has 0 bridgehead atoms. The van der Waals surface area contributed by atoms with Crippen molar-refractivity contribution < 1.29 is 23.4 Å². The lowest BCUT2D eigenvalue weighted by Gasteiger charge is -2.61. The number of esters is 1. The lowest BCUT2D eigenvalue weighted by atomic mass is 9.47. The first-order valence-electron chi connectivity index (χ1n) is 13.3. The van der Waals surface area contributed by atoms with Crippen LogP contribution in [0.1, 0.15) is 73.1 Å². The summed E-state index contributed by atoms with van der Waals surface area (Å²) < 4.78 is 24.7. The normalized spacial score (nSPS) is 36.1. The zero-order valence-electron chi connectivity index (χ0n) is 23.1. The maximum absolute atomic E-state index is 13.2. The lowest BCUT2D eigenvalue weighted by molar-refractivity contribution is -0.232. The number of fused-ring (bicyclic) bond motifs is 2. The van der Waals surface area contributed by atoms with Crippen LogP contribution in [0.2, 0.25) is 18.1 Å². The van der Waals surface area contributed by atoms with Crippen LogP contribution in [-0.2, 0) is 23.4 Å². The van der Waals surface area contributed by atoms with Crippen LogP contribution in [0.5, 0.6) is 0 Å². The van der Waals surface area contributed by atoms with Crippen molar-refractivity contribution in [1.82, 2.24) is 0 Å². The Hall–Kier alpha value is -0.693. The average Bonchev–Trinajstić information content (AvgIpc) is 2.73. The molecule has 1 spiro atoms. The Morgan fingerprint density at radius 2 is 1.91 bits per heavy atom. The molecule has 0 unspecified atom stereocenters. The van der Waals surface area contributed by atoms with Gasteiger partial charge in [-0.25, -0.2) is 0 Å². The minimum Gasteiger partial charge on any atom is -0.465 e. The van der Waals surface area contributed by atoms with Crippen LogP contribution < -0.4 is 0 Å². The van der Waals surface area contributed by atoms with Crippen molar-refractivity contribution >= 4 is 14.3 Å². The molecule has 0 radical (unpaired) electrons. The molecule has 6 atom stereocenters. The summed E-state index contributed by atoms with van der Waals surface area (Å²) in [6.07, 6.45) is 8.06. The smallest absolute Gasteiger partial charge is 0.309 e. The Morgan fingerprint density at radius 3 is 2.53 bits per heavy atom. The van der Waals surface area contributed by atoms with Gasteiger partial charge in [-0.3, -0.25) is 4.79 Å². The van der Waals surface area contributed by atoms with Crippen molar-refractivity contribution in [2.45, 2.75) is 97.4 Å². The molecule has 1 aliphatic heterocycles. The molecular weight excluding hydrogens is 444 g/mol. The van der Waals surface area contributed by atoms with Gasteiger partial charge in [0.15, 0.2) is 8.32 Å². The fourth-order valence-corrected chi connectivity index (χ4v) is 8.00. The highest BCUT2D eigenvalue weighted by Gasteiger charge is 2.63. The van der Waals surface area contributed by atoms with Gasteiger partial charge in [0.1, 0.15) is 6.79 Å². The van der Waals surface area contributed by atoms with Gasteiger partial charge in [-0.05, 0) is 67.5 Å². The first-order chi connectivity index (χ1) is 15.8. The lowest BCUT2D eigenvalue weighted by Crippen LogP contribution is -2.63. The SMILES string of the molecule is C=CC[C@@H]1C[C@@H](OCOC)[C@@H]2[C@@H](C1)C(=O)OC[C@]21CCCC(C)(C)[C@H]1CO[Si](C)(C)C(C)(C)C. The van der Waals surface area contributed by atoms with Crippen molar-refractivity contribution in [2.24, 2.45) is 34.5 Å². The van der Waals surface area contributed by atoms with Crippen LogP contribution in [0, 0.1) is 34.5 Å². The highest BCUT2D eigenvalue weighted by molar-refractivity contribution is 6.74. The van der Waals surface area contributed by atoms with Gasteiger partial charge >= 0.3 is 5.97 Å². The van der Waals surface area contributed by atoms with Crippen LogP contribution in [0.25, 0.3) is 0 Å². The Labute approximate surface area is 209 Å². The third-order valence-electron chi connectivity index (χ3n) is 9.85. The van der Waals surface area contributed by atoms with E-state index in [0.717, 1.165) is 38.7 Å². The van der Waals surface area contributed by atoms with Crippen molar-refractivity contribution in [3.05, 3.63) is 12.7 Å². The predicted octanol–water partition coefficient (Wildman–Crippen LogP) is 6.59. The molecule has 0 aromatic heterocycles. The molecule has 5 nitrogen and oxygen atoms in total. The zero-order valence-corrected chi connectivity index (χ0v) is 24.1. The Kier molecular flexibility index (Phi) is 8.49. The van der Waals surface area contributed by atoms with Crippen molar-refractivity contribution in [1.29, 1.82) is 0 Å². The summed E-state index contributed by atoms with van der Waals surface area (Å²) in [5.74, 6) is 0.675. The molecule has 3 aliphatic rings. The van der Waals surface area contributed by atoms with E-state index in [4.69, 9.17) is 18.6 Å². The number of hydrogen-bond donors (Lipinski definition) is 0. The van der Waals surface area contributed by atoms with Gasteiger partial charge in [0.05, 0.1) is 18.6 Å². The molecule has 3 rings (SSSR count). The Balaban J connectivity index is 2.01. The number of carbonyl (C=O) groups excluding carboxylic acids is 1. The van der Waals surface area contributed by atoms with Crippen LogP contribution in [0.4, 0.5) is 0 Å². The molecule has 3 fully saturated rings. The second-order valence-corrected chi connectivity index (χ2v) is 18.2. The minimum absolute atomic E-state index is 0.0132. The second-order valence-electron chi connectivity index (χ2n) is 13.4. The summed E-state index contributed by atoms with van der Waals surface area (Å²) in [4.78, 5) is 13.2. The maximum Gasteiger partial charge on any atom is 0.309 e. The number of carbonyl (C=O) groups is 1. The molecular formula is C28H50O5Si. The predicted molar refractivity (Wildman–Crippen MR) is 139 cm³/mol. The van der Waals surface area contributed by atoms with E-state index in [1.54, 1.807) is 7.11 Å². The summed E-state index contributed by atoms with van der Waals surface area (Å²) in [6.45, 7) is 21.8. The molecule has 0 aromatic rings. The first-order valence-corrected chi connectivity index (χ1v) is 16.2. The molecule has 1 saturated heterocycles. The van der Waals surface area contributed by atoms with Gasteiger partial charge in [-0.1, -0.05) is 47.1 Å². The quantitative estimate of drug-likeness (QED) is 0.165. The van der Waals surface area contributed by atoms with Crippen LogP contribution in [0.3, 0.4) is 0 Å². The number of methoxy groups -OCH3 is 1. The van der Waals surface area contributed by atoms with E-state index in [2.05, 4.69) is 54.3 Å². The molecule has 1 heterocycles. The van der Waals surface area contributed by atoms with E-state index in [1.807, 2.05) is 6.08 Å².